The summed E-state index contributed by atoms with van der Waals surface area (Å²) in [7, 11) is 3.43. The van der Waals surface area contributed by atoms with Crippen molar-refractivity contribution in [3.05, 3.63) is 53.1 Å². The fraction of sp³-hybridized carbons (Fsp3) is 0.368. The number of ether oxygens (including phenoxy) is 2. The first kappa shape index (κ1) is 18.6. The molecule has 1 aromatic carbocycles. The zero-order valence-corrected chi connectivity index (χ0v) is 15.4. The first-order chi connectivity index (χ1) is 12.1. The lowest BCUT2D eigenvalue weighted by molar-refractivity contribution is 0.215. The summed E-state index contributed by atoms with van der Waals surface area (Å²) in [5.41, 5.74) is 3.72. The molecular weight excluding hydrogens is 318 g/mol. The zero-order valence-electron chi connectivity index (χ0n) is 15.4. The Morgan fingerprint density at radius 2 is 1.92 bits per heavy atom. The molecule has 6 heteroatoms. The maximum Gasteiger partial charge on any atom is 0.131 e. The second kappa shape index (κ2) is 8.92. The molecule has 0 atom stereocenters. The third kappa shape index (κ3) is 4.86. The van der Waals surface area contributed by atoms with Crippen molar-refractivity contribution < 1.29 is 14.3 Å². The number of benzene rings is 1. The van der Waals surface area contributed by atoms with E-state index in [1.165, 1.54) is 7.11 Å². The number of rotatable bonds is 8. The van der Waals surface area contributed by atoms with Gasteiger partial charge in [-0.2, -0.15) is 0 Å². The van der Waals surface area contributed by atoms with Crippen LogP contribution in [0.3, 0.4) is 0 Å². The van der Waals surface area contributed by atoms with E-state index in [1.54, 1.807) is 12.5 Å². The van der Waals surface area contributed by atoms with E-state index in [2.05, 4.69) is 10.1 Å². The molecule has 0 spiro atoms. The molecule has 0 saturated carbocycles. The summed E-state index contributed by atoms with van der Waals surface area (Å²) in [6, 6.07) is 3.98. The van der Waals surface area contributed by atoms with E-state index >= 15 is 0 Å². The quantitative estimate of drug-likeness (QED) is 0.418. The van der Waals surface area contributed by atoms with Crippen molar-refractivity contribution in [2.75, 3.05) is 13.7 Å². The molecule has 0 saturated heterocycles. The summed E-state index contributed by atoms with van der Waals surface area (Å²) in [6.45, 7) is 6.96. The molecule has 0 aliphatic rings. The minimum atomic E-state index is 0.391. The van der Waals surface area contributed by atoms with E-state index in [9.17, 15) is 0 Å². The number of aromatic nitrogens is 2. The van der Waals surface area contributed by atoms with E-state index in [0.717, 1.165) is 34.0 Å². The maximum absolute atomic E-state index is 6.06. The molecule has 0 aliphatic heterocycles. The van der Waals surface area contributed by atoms with Crippen molar-refractivity contribution >= 4 is 6.21 Å². The Hall–Kier alpha value is -2.76. The number of hydrogen-bond donors (Lipinski definition) is 0. The van der Waals surface area contributed by atoms with Crippen LogP contribution in [0.2, 0.25) is 0 Å². The summed E-state index contributed by atoms with van der Waals surface area (Å²) in [5.74, 6) is 1.70. The molecule has 1 aromatic heterocycles. The van der Waals surface area contributed by atoms with Crippen LogP contribution in [0.1, 0.15) is 29.4 Å². The molecule has 25 heavy (non-hydrogen) atoms. The van der Waals surface area contributed by atoms with Gasteiger partial charge in [0.25, 0.3) is 0 Å². The summed E-state index contributed by atoms with van der Waals surface area (Å²) >= 11 is 0. The van der Waals surface area contributed by atoms with Gasteiger partial charge in [-0.1, -0.05) is 17.3 Å². The molecule has 0 radical (unpaired) electrons. The van der Waals surface area contributed by atoms with Gasteiger partial charge in [0.15, 0.2) is 0 Å². The number of aryl methyl sites for hydroxylation is 3. The Kier molecular flexibility index (Phi) is 6.62. The first-order valence-electron chi connectivity index (χ1n) is 8.11. The summed E-state index contributed by atoms with van der Waals surface area (Å²) < 4.78 is 13.7. The molecule has 0 amide bonds. The molecule has 0 bridgehead atoms. The third-order valence-electron chi connectivity index (χ3n) is 3.74. The molecule has 0 fully saturated rings. The highest BCUT2D eigenvalue weighted by molar-refractivity contribution is 5.78. The monoisotopic (exact) mass is 343 g/mol. The number of allylic oxidation sites excluding steroid dienone is 1. The van der Waals surface area contributed by atoms with Crippen LogP contribution >= 0.6 is 0 Å². The van der Waals surface area contributed by atoms with E-state index in [1.807, 2.05) is 56.7 Å². The van der Waals surface area contributed by atoms with Crippen molar-refractivity contribution in [1.82, 2.24) is 9.55 Å². The average Bonchev–Trinajstić information content (AvgIpc) is 2.92. The molecule has 0 N–H and O–H groups in total. The molecule has 0 unspecified atom stereocenters. The Bertz CT molecular complexity index is 740. The van der Waals surface area contributed by atoms with Crippen LogP contribution < -0.4 is 9.47 Å². The smallest absolute Gasteiger partial charge is 0.131 e. The normalized spacial score (nSPS) is 11.4. The highest BCUT2D eigenvalue weighted by Crippen LogP contribution is 2.29. The highest BCUT2D eigenvalue weighted by Gasteiger charge is 2.12. The van der Waals surface area contributed by atoms with Crippen molar-refractivity contribution in [1.29, 1.82) is 0 Å². The topological polar surface area (TPSA) is 57.9 Å². The Morgan fingerprint density at radius 1 is 1.20 bits per heavy atom. The van der Waals surface area contributed by atoms with Gasteiger partial charge in [0.2, 0.25) is 0 Å². The minimum absolute atomic E-state index is 0.391. The van der Waals surface area contributed by atoms with Crippen LogP contribution in [0.15, 0.2) is 35.8 Å². The molecule has 134 valence electrons. The maximum atomic E-state index is 6.06. The van der Waals surface area contributed by atoms with E-state index < -0.39 is 0 Å². The fourth-order valence-electron chi connectivity index (χ4n) is 2.46. The van der Waals surface area contributed by atoms with Gasteiger partial charge in [0, 0.05) is 7.05 Å². The van der Waals surface area contributed by atoms with Crippen molar-refractivity contribution in [2.24, 2.45) is 12.2 Å². The largest absolute Gasteiger partial charge is 0.490 e. The van der Waals surface area contributed by atoms with Gasteiger partial charge in [-0.3, -0.25) is 0 Å². The number of imidazole rings is 1. The van der Waals surface area contributed by atoms with Crippen molar-refractivity contribution in [2.45, 2.75) is 27.4 Å². The molecule has 0 aliphatic carbocycles. The van der Waals surface area contributed by atoms with Crippen LogP contribution in [0, 0.1) is 13.8 Å². The number of oxime groups is 1. The van der Waals surface area contributed by atoms with E-state index in [4.69, 9.17) is 14.3 Å². The Morgan fingerprint density at radius 3 is 2.56 bits per heavy atom. The van der Waals surface area contributed by atoms with Gasteiger partial charge >= 0.3 is 0 Å². The van der Waals surface area contributed by atoms with Crippen molar-refractivity contribution in [3.8, 4) is 11.5 Å². The zero-order chi connectivity index (χ0) is 18.2. The summed E-state index contributed by atoms with van der Waals surface area (Å²) in [4.78, 5) is 9.02. The molecule has 1 heterocycles. The van der Waals surface area contributed by atoms with Gasteiger partial charge in [-0.25, -0.2) is 4.98 Å². The predicted octanol–water partition coefficient (Wildman–Crippen LogP) is 3.55. The van der Waals surface area contributed by atoms with Gasteiger partial charge in [-0.05, 0) is 44.0 Å². The lowest BCUT2D eigenvalue weighted by Gasteiger charge is -2.15. The molecular formula is C19H25N3O3. The van der Waals surface area contributed by atoms with Gasteiger partial charge in [0.1, 0.15) is 37.5 Å². The van der Waals surface area contributed by atoms with Gasteiger partial charge in [0.05, 0.1) is 18.2 Å². The standard InChI is InChI=1S/C19H25N3O3/c1-6-7-8-24-16-9-14(2)19(15(3)10-16)25-12-18-17(11-21-23-5)20-13-22(18)4/h6-7,9-11,13H,8,12H2,1-5H3/b7-6+,21-11+. The van der Waals surface area contributed by atoms with Crippen LogP contribution in [0.25, 0.3) is 0 Å². The number of nitrogens with zero attached hydrogens (tertiary/aromatic N) is 3. The van der Waals surface area contributed by atoms with Crippen molar-refractivity contribution in [3.63, 3.8) is 0 Å². The predicted molar refractivity (Wildman–Crippen MR) is 98.4 cm³/mol. The molecule has 6 nitrogen and oxygen atoms in total. The SMILES string of the molecule is C/C=C/COc1cc(C)c(OCc2c(/C=N/OC)ncn2C)c(C)c1. The van der Waals surface area contributed by atoms with Crippen LogP contribution in [-0.2, 0) is 18.5 Å². The lowest BCUT2D eigenvalue weighted by Crippen LogP contribution is -2.06. The van der Waals surface area contributed by atoms with Gasteiger partial charge < -0.3 is 18.9 Å². The van der Waals surface area contributed by atoms with E-state index in [0.29, 0.717) is 13.2 Å². The second-order valence-electron chi connectivity index (χ2n) is 5.66. The fourth-order valence-corrected chi connectivity index (χ4v) is 2.46. The minimum Gasteiger partial charge on any atom is -0.490 e. The van der Waals surface area contributed by atoms with Crippen LogP contribution in [-0.4, -0.2) is 29.5 Å². The summed E-state index contributed by atoms with van der Waals surface area (Å²) in [5, 5.41) is 3.77. The lowest BCUT2D eigenvalue weighted by atomic mass is 10.1. The van der Waals surface area contributed by atoms with Gasteiger partial charge in [-0.15, -0.1) is 0 Å². The highest BCUT2D eigenvalue weighted by atomic mass is 16.6. The first-order valence-corrected chi connectivity index (χ1v) is 8.11. The third-order valence-corrected chi connectivity index (χ3v) is 3.74. The van der Waals surface area contributed by atoms with E-state index in [-0.39, 0.29) is 0 Å². The second-order valence-corrected chi connectivity index (χ2v) is 5.66. The molecule has 2 aromatic rings. The average molecular weight is 343 g/mol. The van der Waals surface area contributed by atoms with Crippen LogP contribution in [0.5, 0.6) is 11.5 Å². The summed E-state index contributed by atoms with van der Waals surface area (Å²) in [6.07, 6.45) is 7.25. The van der Waals surface area contributed by atoms with Crippen LogP contribution in [0.4, 0.5) is 0 Å². The Labute approximate surface area is 148 Å². The number of hydrogen-bond acceptors (Lipinski definition) is 5. The molecule has 2 rings (SSSR count). The Balaban J connectivity index is 2.13.